The molecule has 1 atom stereocenters. The van der Waals surface area contributed by atoms with E-state index in [4.69, 9.17) is 4.52 Å². The van der Waals surface area contributed by atoms with Crippen molar-refractivity contribution >= 4 is 0 Å². The van der Waals surface area contributed by atoms with Crippen molar-refractivity contribution < 1.29 is 8.91 Å². The maximum Gasteiger partial charge on any atom is 0.231 e. The zero-order chi connectivity index (χ0) is 13.9. The van der Waals surface area contributed by atoms with Gasteiger partial charge in [0.2, 0.25) is 5.89 Å². The monoisotopic (exact) mass is 276 g/mol. The van der Waals surface area contributed by atoms with Crippen LogP contribution >= 0.6 is 0 Å². The zero-order valence-corrected chi connectivity index (χ0v) is 11.3. The quantitative estimate of drug-likeness (QED) is 0.917. The highest BCUT2D eigenvalue weighted by Crippen LogP contribution is 2.18. The first kappa shape index (κ1) is 13.2. The van der Waals surface area contributed by atoms with E-state index in [-0.39, 0.29) is 11.9 Å². The standard InChI is InChI=1S/C14H17FN4O/c1-19-7-6-16-9-12(19)14-17-13(20-18-14)8-10-2-4-11(15)5-3-10/h2-5,12,16H,6-9H2,1H3. The second-order valence-corrected chi connectivity index (χ2v) is 5.05. The van der Waals surface area contributed by atoms with Gasteiger partial charge in [-0.1, -0.05) is 17.3 Å². The Labute approximate surface area is 116 Å². The SMILES string of the molecule is CN1CCNCC1c1noc(Cc2ccc(F)cc2)n1. The summed E-state index contributed by atoms with van der Waals surface area (Å²) in [6.07, 6.45) is 0.525. The largest absolute Gasteiger partial charge is 0.339 e. The fraction of sp³-hybridized carbons (Fsp3) is 0.429. The molecule has 5 nitrogen and oxygen atoms in total. The molecule has 106 valence electrons. The summed E-state index contributed by atoms with van der Waals surface area (Å²) in [5.41, 5.74) is 0.955. The van der Waals surface area contributed by atoms with Crippen LogP contribution in [0.15, 0.2) is 28.8 Å². The normalized spacial score (nSPS) is 20.2. The summed E-state index contributed by atoms with van der Waals surface area (Å²) in [4.78, 5) is 6.66. The van der Waals surface area contributed by atoms with Crippen molar-refractivity contribution in [2.75, 3.05) is 26.7 Å². The van der Waals surface area contributed by atoms with Crippen LogP contribution in [-0.2, 0) is 6.42 Å². The average molecular weight is 276 g/mol. The van der Waals surface area contributed by atoms with Crippen molar-refractivity contribution in [1.29, 1.82) is 0 Å². The molecule has 20 heavy (non-hydrogen) atoms. The molecule has 1 aromatic carbocycles. The Kier molecular flexibility index (Phi) is 3.75. The molecule has 1 aliphatic heterocycles. The van der Waals surface area contributed by atoms with E-state index in [2.05, 4.69) is 27.4 Å². The number of hydrogen-bond donors (Lipinski definition) is 1. The Balaban J connectivity index is 1.71. The summed E-state index contributed by atoms with van der Waals surface area (Å²) in [7, 11) is 2.06. The number of nitrogens with one attached hydrogen (secondary N) is 1. The van der Waals surface area contributed by atoms with Crippen molar-refractivity contribution in [2.24, 2.45) is 0 Å². The maximum absolute atomic E-state index is 12.9. The van der Waals surface area contributed by atoms with Crippen LogP contribution in [0.1, 0.15) is 23.3 Å². The molecule has 3 rings (SSSR count). The second-order valence-electron chi connectivity index (χ2n) is 5.05. The number of rotatable bonds is 3. The van der Waals surface area contributed by atoms with Crippen molar-refractivity contribution in [3.05, 3.63) is 47.4 Å². The summed E-state index contributed by atoms with van der Waals surface area (Å²) in [6, 6.07) is 6.48. The summed E-state index contributed by atoms with van der Waals surface area (Å²) in [5, 5.41) is 7.39. The third-order valence-corrected chi connectivity index (χ3v) is 3.56. The zero-order valence-electron chi connectivity index (χ0n) is 11.3. The Morgan fingerprint density at radius 2 is 2.20 bits per heavy atom. The third-order valence-electron chi connectivity index (χ3n) is 3.56. The molecule has 0 spiro atoms. The minimum absolute atomic E-state index is 0.148. The Morgan fingerprint density at radius 1 is 1.40 bits per heavy atom. The highest BCUT2D eigenvalue weighted by molar-refractivity contribution is 5.19. The lowest BCUT2D eigenvalue weighted by Crippen LogP contribution is -2.44. The molecule has 1 fully saturated rings. The topological polar surface area (TPSA) is 54.2 Å². The number of likely N-dealkylation sites (N-methyl/N-ethyl adjacent to an activating group) is 1. The fourth-order valence-corrected chi connectivity index (χ4v) is 2.35. The molecule has 2 heterocycles. The minimum Gasteiger partial charge on any atom is -0.339 e. The smallest absolute Gasteiger partial charge is 0.231 e. The van der Waals surface area contributed by atoms with E-state index in [1.54, 1.807) is 12.1 Å². The minimum atomic E-state index is -0.241. The van der Waals surface area contributed by atoms with Gasteiger partial charge >= 0.3 is 0 Å². The van der Waals surface area contributed by atoms with E-state index in [0.717, 1.165) is 25.2 Å². The van der Waals surface area contributed by atoms with Crippen molar-refractivity contribution in [3.63, 3.8) is 0 Å². The van der Waals surface area contributed by atoms with Crippen molar-refractivity contribution in [1.82, 2.24) is 20.4 Å². The Hall–Kier alpha value is -1.79. The molecule has 1 saturated heterocycles. The molecular formula is C14H17FN4O. The predicted octanol–water partition coefficient (Wildman–Crippen LogP) is 1.38. The van der Waals surface area contributed by atoms with Crippen molar-refractivity contribution in [2.45, 2.75) is 12.5 Å². The van der Waals surface area contributed by atoms with Gasteiger partial charge in [0, 0.05) is 19.6 Å². The number of hydrogen-bond acceptors (Lipinski definition) is 5. The van der Waals surface area contributed by atoms with Gasteiger partial charge < -0.3 is 9.84 Å². The fourth-order valence-electron chi connectivity index (χ4n) is 2.35. The van der Waals surface area contributed by atoms with Crippen molar-refractivity contribution in [3.8, 4) is 0 Å². The van der Waals surface area contributed by atoms with E-state index in [1.165, 1.54) is 12.1 Å². The lowest BCUT2D eigenvalue weighted by atomic mass is 10.1. The second kappa shape index (κ2) is 5.68. The van der Waals surface area contributed by atoms with E-state index in [0.29, 0.717) is 18.1 Å². The number of nitrogens with zero attached hydrogens (tertiary/aromatic N) is 3. The van der Waals surface area contributed by atoms with E-state index < -0.39 is 0 Å². The van der Waals surface area contributed by atoms with E-state index in [9.17, 15) is 4.39 Å². The van der Waals surface area contributed by atoms with Gasteiger partial charge in [-0.3, -0.25) is 4.90 Å². The van der Waals surface area contributed by atoms with Crippen LogP contribution in [0.3, 0.4) is 0 Å². The Bertz CT molecular complexity index is 569. The first-order valence-corrected chi connectivity index (χ1v) is 6.70. The molecule has 1 aromatic heterocycles. The molecule has 2 aromatic rings. The van der Waals surface area contributed by atoms with Gasteiger partial charge in [0.25, 0.3) is 0 Å². The summed E-state index contributed by atoms with van der Waals surface area (Å²) in [6.45, 7) is 2.77. The van der Waals surface area contributed by atoms with Gasteiger partial charge in [-0.25, -0.2) is 4.39 Å². The van der Waals surface area contributed by atoms with E-state index >= 15 is 0 Å². The lowest BCUT2D eigenvalue weighted by Gasteiger charge is -2.30. The molecule has 0 radical (unpaired) electrons. The lowest BCUT2D eigenvalue weighted by molar-refractivity contribution is 0.190. The van der Waals surface area contributed by atoms with Crippen LogP contribution in [-0.4, -0.2) is 41.7 Å². The van der Waals surface area contributed by atoms with Gasteiger partial charge in [-0.15, -0.1) is 0 Å². The summed E-state index contributed by atoms with van der Waals surface area (Å²) in [5.74, 6) is 1.03. The molecule has 6 heteroatoms. The van der Waals surface area contributed by atoms with Crippen LogP contribution in [0.5, 0.6) is 0 Å². The molecule has 0 bridgehead atoms. The number of aromatic nitrogens is 2. The van der Waals surface area contributed by atoms with Crippen LogP contribution in [0.25, 0.3) is 0 Å². The maximum atomic E-state index is 12.9. The van der Waals surface area contributed by atoms with Gasteiger partial charge in [0.1, 0.15) is 5.82 Å². The highest BCUT2D eigenvalue weighted by atomic mass is 19.1. The molecular weight excluding hydrogens is 259 g/mol. The number of benzene rings is 1. The number of halogens is 1. The third kappa shape index (κ3) is 2.86. The van der Waals surface area contributed by atoms with Crippen LogP contribution in [0, 0.1) is 5.82 Å². The molecule has 1 aliphatic rings. The summed E-state index contributed by atoms with van der Waals surface area (Å²) >= 11 is 0. The van der Waals surface area contributed by atoms with Crippen LogP contribution in [0.4, 0.5) is 4.39 Å². The first-order chi connectivity index (χ1) is 9.72. The van der Waals surface area contributed by atoms with Gasteiger partial charge in [-0.2, -0.15) is 4.98 Å². The number of piperazine rings is 1. The van der Waals surface area contributed by atoms with Gasteiger partial charge in [0.15, 0.2) is 5.82 Å². The van der Waals surface area contributed by atoms with Gasteiger partial charge in [-0.05, 0) is 24.7 Å². The Morgan fingerprint density at radius 3 is 2.95 bits per heavy atom. The van der Waals surface area contributed by atoms with Crippen LogP contribution in [0.2, 0.25) is 0 Å². The molecule has 0 saturated carbocycles. The molecule has 1 N–H and O–H groups in total. The highest BCUT2D eigenvalue weighted by Gasteiger charge is 2.25. The average Bonchev–Trinajstić information content (AvgIpc) is 2.90. The molecule has 0 aliphatic carbocycles. The molecule has 0 amide bonds. The van der Waals surface area contributed by atoms with Crippen LogP contribution < -0.4 is 5.32 Å². The first-order valence-electron chi connectivity index (χ1n) is 6.70. The van der Waals surface area contributed by atoms with E-state index in [1.807, 2.05) is 0 Å². The summed E-state index contributed by atoms with van der Waals surface area (Å²) < 4.78 is 18.1. The molecule has 1 unspecified atom stereocenters. The van der Waals surface area contributed by atoms with Gasteiger partial charge in [0.05, 0.1) is 12.5 Å². The predicted molar refractivity (Wildman–Crippen MR) is 71.7 cm³/mol.